The van der Waals surface area contributed by atoms with E-state index in [9.17, 15) is 19.2 Å². The van der Waals surface area contributed by atoms with Crippen molar-refractivity contribution in [3.8, 4) is 0 Å². The fourth-order valence-corrected chi connectivity index (χ4v) is 3.68. The second-order valence-corrected chi connectivity index (χ2v) is 6.88. The average Bonchev–Trinajstić information content (AvgIpc) is 3.18. The molecule has 28 heavy (non-hydrogen) atoms. The summed E-state index contributed by atoms with van der Waals surface area (Å²) in [4.78, 5) is 58.3. The fraction of sp³-hybridized carbons (Fsp3) is 0.316. The van der Waals surface area contributed by atoms with Gasteiger partial charge in [-0.15, -0.1) is 0 Å². The lowest BCUT2D eigenvalue weighted by molar-refractivity contribution is 0.0724. The monoisotopic (exact) mass is 381 g/mol. The summed E-state index contributed by atoms with van der Waals surface area (Å²) in [6, 6.07) is 6.64. The molecule has 1 aromatic carbocycles. The number of fused-ring (bicyclic) bond motifs is 1. The molecule has 1 fully saturated rings. The van der Waals surface area contributed by atoms with Crippen LogP contribution in [0.25, 0.3) is 10.9 Å². The predicted octanol–water partition coefficient (Wildman–Crippen LogP) is 0.298. The molecule has 9 heteroatoms. The van der Waals surface area contributed by atoms with E-state index in [0.717, 1.165) is 17.2 Å². The van der Waals surface area contributed by atoms with Crippen LogP contribution < -0.4 is 16.8 Å². The Labute approximate surface area is 158 Å². The Kier molecular flexibility index (Phi) is 4.21. The van der Waals surface area contributed by atoms with E-state index in [-0.39, 0.29) is 11.1 Å². The van der Waals surface area contributed by atoms with Crippen molar-refractivity contribution >= 4 is 16.8 Å². The highest BCUT2D eigenvalue weighted by atomic mass is 16.2. The summed E-state index contributed by atoms with van der Waals surface area (Å²) < 4.78 is 2.33. The van der Waals surface area contributed by atoms with E-state index in [1.54, 1.807) is 36.2 Å². The molecular weight excluding hydrogens is 362 g/mol. The lowest BCUT2D eigenvalue weighted by Gasteiger charge is -2.25. The topological polar surface area (TPSA) is 110 Å². The normalized spacial score (nSPS) is 16.6. The first-order valence-electron chi connectivity index (χ1n) is 8.95. The lowest BCUT2D eigenvalue weighted by Crippen LogP contribution is -2.41. The van der Waals surface area contributed by atoms with Crippen LogP contribution in [0.4, 0.5) is 0 Å². The lowest BCUT2D eigenvalue weighted by atomic mass is 10.1. The first-order chi connectivity index (χ1) is 13.4. The van der Waals surface area contributed by atoms with Crippen molar-refractivity contribution in [3.05, 3.63) is 73.0 Å². The van der Waals surface area contributed by atoms with Gasteiger partial charge < -0.3 is 9.88 Å². The number of aromatic nitrogens is 4. The Morgan fingerprint density at radius 2 is 1.86 bits per heavy atom. The third-order valence-electron chi connectivity index (χ3n) is 5.24. The number of hydrogen-bond acceptors (Lipinski definition) is 5. The van der Waals surface area contributed by atoms with E-state index < -0.39 is 23.2 Å². The van der Waals surface area contributed by atoms with Crippen molar-refractivity contribution in [2.45, 2.75) is 18.9 Å². The maximum absolute atomic E-state index is 13.1. The quantitative estimate of drug-likeness (QED) is 0.686. The Morgan fingerprint density at radius 1 is 1.11 bits per heavy atom. The minimum absolute atomic E-state index is 0.111. The van der Waals surface area contributed by atoms with Gasteiger partial charge in [0.1, 0.15) is 11.4 Å². The number of hydrogen-bond donors (Lipinski definition) is 1. The molecule has 0 radical (unpaired) electrons. The van der Waals surface area contributed by atoms with E-state index >= 15 is 0 Å². The summed E-state index contributed by atoms with van der Waals surface area (Å²) in [6.07, 6.45) is 2.51. The summed E-state index contributed by atoms with van der Waals surface area (Å²) in [7, 11) is 2.95. The number of nitrogens with one attached hydrogen (secondary N) is 1. The smallest absolute Gasteiger partial charge is 0.328 e. The molecule has 3 heterocycles. The zero-order valence-corrected chi connectivity index (χ0v) is 15.5. The number of benzene rings is 1. The van der Waals surface area contributed by atoms with Gasteiger partial charge in [-0.3, -0.25) is 23.5 Å². The molecule has 0 bridgehead atoms. The molecule has 2 aromatic heterocycles. The highest BCUT2D eigenvalue weighted by Crippen LogP contribution is 2.31. The molecule has 4 rings (SSSR count). The maximum atomic E-state index is 13.1. The van der Waals surface area contributed by atoms with Crippen LogP contribution in [0.1, 0.15) is 35.1 Å². The number of amides is 1. The molecular formula is C19H19N5O4. The van der Waals surface area contributed by atoms with E-state index in [1.807, 2.05) is 0 Å². The minimum atomic E-state index is -0.653. The zero-order chi connectivity index (χ0) is 20.0. The second kappa shape index (κ2) is 6.59. The maximum Gasteiger partial charge on any atom is 0.328 e. The molecule has 0 spiro atoms. The standard InChI is InChI=1S/C19H19N5O4/c1-22-15(21-13-7-4-3-6-11(13)16(22)25)14-8-5-9-24(14)18(27)12-10-20-19(28)23(2)17(12)26/h3-4,6-7,10,14H,5,8-9H2,1-2H3,(H,20,28). The van der Waals surface area contributed by atoms with Gasteiger partial charge in [0.05, 0.1) is 16.9 Å². The van der Waals surface area contributed by atoms with Gasteiger partial charge in [-0.25, -0.2) is 9.78 Å². The minimum Gasteiger partial charge on any atom is -0.328 e. The molecule has 0 aliphatic carbocycles. The Bertz CT molecular complexity index is 1270. The fourth-order valence-electron chi connectivity index (χ4n) is 3.68. The summed E-state index contributed by atoms with van der Waals surface area (Å²) >= 11 is 0. The van der Waals surface area contributed by atoms with E-state index in [2.05, 4.69) is 9.97 Å². The van der Waals surface area contributed by atoms with Crippen LogP contribution in [0.2, 0.25) is 0 Å². The van der Waals surface area contributed by atoms with Crippen molar-refractivity contribution in [1.29, 1.82) is 0 Å². The van der Waals surface area contributed by atoms with Crippen molar-refractivity contribution in [1.82, 2.24) is 24.0 Å². The summed E-state index contributed by atoms with van der Waals surface area (Å²) in [6.45, 7) is 0.439. The van der Waals surface area contributed by atoms with Crippen LogP contribution in [0.3, 0.4) is 0 Å². The largest absolute Gasteiger partial charge is 0.328 e. The zero-order valence-electron chi connectivity index (χ0n) is 15.5. The molecule has 1 atom stereocenters. The van der Waals surface area contributed by atoms with E-state index in [4.69, 9.17) is 0 Å². The third-order valence-corrected chi connectivity index (χ3v) is 5.24. The van der Waals surface area contributed by atoms with Crippen molar-refractivity contribution in [2.24, 2.45) is 14.1 Å². The van der Waals surface area contributed by atoms with Crippen LogP contribution in [-0.2, 0) is 14.1 Å². The molecule has 1 saturated heterocycles. The van der Waals surface area contributed by atoms with E-state index in [1.165, 1.54) is 11.6 Å². The van der Waals surface area contributed by atoms with Gasteiger partial charge in [0.2, 0.25) is 0 Å². The van der Waals surface area contributed by atoms with Crippen LogP contribution >= 0.6 is 0 Å². The molecule has 144 valence electrons. The van der Waals surface area contributed by atoms with Crippen LogP contribution in [0.5, 0.6) is 0 Å². The first-order valence-corrected chi connectivity index (χ1v) is 8.95. The number of carbonyl (C=O) groups is 1. The highest BCUT2D eigenvalue weighted by molar-refractivity contribution is 5.94. The number of para-hydroxylation sites is 1. The molecule has 1 amide bonds. The molecule has 3 aromatic rings. The van der Waals surface area contributed by atoms with Gasteiger partial charge in [-0.05, 0) is 25.0 Å². The van der Waals surface area contributed by atoms with Crippen molar-refractivity contribution < 1.29 is 4.79 Å². The number of rotatable bonds is 2. The molecule has 1 N–H and O–H groups in total. The van der Waals surface area contributed by atoms with Gasteiger partial charge in [-0.2, -0.15) is 0 Å². The number of H-pyrrole nitrogens is 1. The number of likely N-dealkylation sites (tertiary alicyclic amines) is 1. The molecule has 0 saturated carbocycles. The van der Waals surface area contributed by atoms with Gasteiger partial charge in [0.25, 0.3) is 17.0 Å². The Morgan fingerprint density at radius 3 is 2.64 bits per heavy atom. The summed E-state index contributed by atoms with van der Waals surface area (Å²) in [5, 5.41) is 0.513. The van der Waals surface area contributed by atoms with Gasteiger partial charge in [0.15, 0.2) is 0 Å². The molecule has 9 nitrogen and oxygen atoms in total. The molecule has 1 aliphatic rings. The first kappa shape index (κ1) is 17.9. The van der Waals surface area contributed by atoms with Gasteiger partial charge in [-0.1, -0.05) is 12.1 Å². The van der Waals surface area contributed by atoms with Crippen LogP contribution in [0, 0.1) is 0 Å². The van der Waals surface area contributed by atoms with E-state index in [0.29, 0.717) is 29.7 Å². The van der Waals surface area contributed by atoms with Crippen molar-refractivity contribution in [3.63, 3.8) is 0 Å². The number of carbonyl (C=O) groups excluding carboxylic acids is 1. The van der Waals surface area contributed by atoms with Gasteiger partial charge >= 0.3 is 5.69 Å². The Hall–Kier alpha value is -3.49. The SMILES string of the molecule is Cn1c(C2CCCN2C(=O)c2c[nH]c(=O)n(C)c2=O)nc2ccccc2c1=O. The Balaban J connectivity index is 1.81. The number of aromatic amines is 1. The van der Waals surface area contributed by atoms with Gasteiger partial charge in [0, 0.05) is 26.8 Å². The highest BCUT2D eigenvalue weighted by Gasteiger charge is 2.34. The van der Waals surface area contributed by atoms with Crippen LogP contribution in [-0.4, -0.2) is 36.5 Å². The van der Waals surface area contributed by atoms with Crippen molar-refractivity contribution in [2.75, 3.05) is 6.54 Å². The molecule has 1 aliphatic heterocycles. The molecule has 1 unspecified atom stereocenters. The predicted molar refractivity (Wildman–Crippen MR) is 102 cm³/mol. The third kappa shape index (κ3) is 2.67. The average molecular weight is 381 g/mol. The number of nitrogens with zero attached hydrogens (tertiary/aromatic N) is 4. The summed E-state index contributed by atoms with van der Waals surface area (Å²) in [5.74, 6) is -0.00226. The second-order valence-electron chi connectivity index (χ2n) is 6.88. The van der Waals surface area contributed by atoms with Crippen LogP contribution in [0.15, 0.2) is 44.8 Å². The summed E-state index contributed by atoms with van der Waals surface area (Å²) in [5.41, 5.74) is -0.961.